The molecule has 2 fully saturated rings. The molecule has 3 N–H and O–H groups in total. The number of rotatable bonds is 4. The van der Waals surface area contributed by atoms with Crippen LogP contribution < -0.4 is 11.1 Å². The average molecular weight is 228 g/mol. The zero-order valence-electron chi connectivity index (χ0n) is 9.03. The molecule has 1 unspecified atom stereocenters. The van der Waals surface area contributed by atoms with E-state index in [1.165, 1.54) is 0 Å². The van der Waals surface area contributed by atoms with Gasteiger partial charge in [0, 0.05) is 6.61 Å². The summed E-state index contributed by atoms with van der Waals surface area (Å²) in [5.41, 5.74) is 4.54. The summed E-state index contributed by atoms with van der Waals surface area (Å²) in [6.45, 7) is 1.31. The van der Waals surface area contributed by atoms with Crippen molar-refractivity contribution in [3.63, 3.8) is 0 Å². The Labute approximate surface area is 93.5 Å². The van der Waals surface area contributed by atoms with Crippen LogP contribution in [0, 0.1) is 0 Å². The fraction of sp³-hybridized carbons (Fsp3) is 0.800. The smallest absolute Gasteiger partial charge is 0.249 e. The van der Waals surface area contributed by atoms with Gasteiger partial charge in [-0.05, 0) is 12.8 Å². The van der Waals surface area contributed by atoms with Gasteiger partial charge in [-0.25, -0.2) is 0 Å². The third kappa shape index (κ3) is 2.33. The highest BCUT2D eigenvalue weighted by atomic mass is 16.5. The Kier molecular flexibility index (Phi) is 3.11. The van der Waals surface area contributed by atoms with Gasteiger partial charge in [0.1, 0.15) is 6.10 Å². The zero-order chi connectivity index (χ0) is 11.6. The molecule has 0 bridgehead atoms. The Morgan fingerprint density at radius 1 is 1.44 bits per heavy atom. The number of nitrogens with one attached hydrogen (secondary N) is 1. The Bertz CT molecular complexity index is 295. The second-order valence-corrected chi connectivity index (χ2v) is 4.41. The minimum atomic E-state index is -0.602. The molecule has 1 atom stereocenters. The second kappa shape index (κ2) is 4.39. The first-order chi connectivity index (χ1) is 7.61. The summed E-state index contributed by atoms with van der Waals surface area (Å²) in [4.78, 5) is 22.7. The van der Waals surface area contributed by atoms with Gasteiger partial charge in [0.05, 0.1) is 25.2 Å². The maximum absolute atomic E-state index is 11.8. The highest BCUT2D eigenvalue weighted by Crippen LogP contribution is 2.22. The van der Waals surface area contributed by atoms with Crippen LogP contribution in [0.5, 0.6) is 0 Å². The van der Waals surface area contributed by atoms with Crippen molar-refractivity contribution >= 4 is 11.8 Å². The van der Waals surface area contributed by atoms with Crippen LogP contribution in [0.4, 0.5) is 0 Å². The Morgan fingerprint density at radius 2 is 2.19 bits per heavy atom. The molecule has 0 saturated carbocycles. The molecule has 16 heavy (non-hydrogen) atoms. The SMILES string of the molecule is NC(=O)CC1(NC(=O)C2CCCO2)COC1. The molecule has 0 aromatic carbocycles. The van der Waals surface area contributed by atoms with E-state index in [1.807, 2.05) is 0 Å². The van der Waals surface area contributed by atoms with E-state index in [2.05, 4.69) is 5.32 Å². The first-order valence-corrected chi connectivity index (χ1v) is 5.41. The van der Waals surface area contributed by atoms with Crippen molar-refractivity contribution in [1.82, 2.24) is 5.32 Å². The highest BCUT2D eigenvalue weighted by Gasteiger charge is 2.43. The first kappa shape index (κ1) is 11.3. The first-order valence-electron chi connectivity index (χ1n) is 5.41. The van der Waals surface area contributed by atoms with E-state index in [4.69, 9.17) is 15.2 Å². The maximum Gasteiger partial charge on any atom is 0.249 e. The number of ether oxygens (including phenoxy) is 2. The molecule has 2 heterocycles. The lowest BCUT2D eigenvalue weighted by atomic mass is 9.92. The number of hydrogen-bond donors (Lipinski definition) is 2. The fourth-order valence-electron chi connectivity index (χ4n) is 2.03. The molecule has 2 aliphatic heterocycles. The van der Waals surface area contributed by atoms with Gasteiger partial charge >= 0.3 is 0 Å². The van der Waals surface area contributed by atoms with E-state index >= 15 is 0 Å². The molecule has 6 heteroatoms. The number of primary amides is 1. The third-order valence-electron chi connectivity index (χ3n) is 2.88. The molecule has 0 spiro atoms. The van der Waals surface area contributed by atoms with E-state index < -0.39 is 11.4 Å². The van der Waals surface area contributed by atoms with Gasteiger partial charge in [0.25, 0.3) is 0 Å². The molecule has 2 saturated heterocycles. The van der Waals surface area contributed by atoms with Gasteiger partial charge < -0.3 is 20.5 Å². The van der Waals surface area contributed by atoms with Gasteiger partial charge in [-0.3, -0.25) is 9.59 Å². The van der Waals surface area contributed by atoms with E-state index in [0.717, 1.165) is 12.8 Å². The molecule has 2 aliphatic rings. The van der Waals surface area contributed by atoms with Crippen LogP contribution in [0.1, 0.15) is 19.3 Å². The predicted octanol–water partition coefficient (Wildman–Crippen LogP) is -1.07. The molecule has 0 radical (unpaired) electrons. The average Bonchev–Trinajstić information content (AvgIpc) is 2.66. The van der Waals surface area contributed by atoms with Crippen LogP contribution in [0.3, 0.4) is 0 Å². The van der Waals surface area contributed by atoms with E-state index in [9.17, 15) is 9.59 Å². The number of nitrogens with two attached hydrogens (primary N) is 1. The van der Waals surface area contributed by atoms with Crippen molar-refractivity contribution in [3.05, 3.63) is 0 Å². The summed E-state index contributed by atoms with van der Waals surface area (Å²) in [6, 6.07) is 0. The number of carbonyl (C=O) groups excluding carboxylic acids is 2. The summed E-state index contributed by atoms with van der Waals surface area (Å²) in [5.74, 6) is -0.599. The maximum atomic E-state index is 11.8. The number of carbonyl (C=O) groups is 2. The molecule has 6 nitrogen and oxygen atoms in total. The third-order valence-corrected chi connectivity index (χ3v) is 2.88. The minimum Gasteiger partial charge on any atom is -0.376 e. The van der Waals surface area contributed by atoms with E-state index in [1.54, 1.807) is 0 Å². The molecular formula is C10H16N2O4. The molecule has 0 aromatic rings. The zero-order valence-corrected chi connectivity index (χ0v) is 9.03. The van der Waals surface area contributed by atoms with Gasteiger partial charge in [0.2, 0.25) is 11.8 Å². The van der Waals surface area contributed by atoms with Crippen molar-refractivity contribution in [2.45, 2.75) is 30.9 Å². The van der Waals surface area contributed by atoms with Crippen molar-refractivity contribution in [2.75, 3.05) is 19.8 Å². The summed E-state index contributed by atoms with van der Waals surface area (Å²) in [5, 5.41) is 2.81. The monoisotopic (exact) mass is 228 g/mol. The molecule has 0 aromatic heterocycles. The van der Waals surface area contributed by atoms with Crippen molar-refractivity contribution in [2.24, 2.45) is 5.73 Å². The lowest BCUT2D eigenvalue weighted by Gasteiger charge is -2.41. The Hall–Kier alpha value is -1.14. The van der Waals surface area contributed by atoms with Crippen LogP contribution in [-0.2, 0) is 19.1 Å². The van der Waals surface area contributed by atoms with Crippen LogP contribution in [0.2, 0.25) is 0 Å². The van der Waals surface area contributed by atoms with Gasteiger partial charge in [-0.1, -0.05) is 0 Å². The van der Waals surface area contributed by atoms with Crippen molar-refractivity contribution in [3.8, 4) is 0 Å². The molecular weight excluding hydrogens is 212 g/mol. The van der Waals surface area contributed by atoms with Crippen LogP contribution in [0.25, 0.3) is 0 Å². The largest absolute Gasteiger partial charge is 0.376 e. The standard InChI is InChI=1S/C10H16N2O4/c11-8(13)4-10(5-15-6-10)12-9(14)7-2-1-3-16-7/h7H,1-6H2,(H2,11,13)(H,12,14). The quantitative estimate of drug-likeness (QED) is 0.640. The van der Waals surface area contributed by atoms with Gasteiger partial charge in [-0.15, -0.1) is 0 Å². The summed E-state index contributed by atoms with van der Waals surface area (Å²) in [7, 11) is 0. The highest BCUT2D eigenvalue weighted by molar-refractivity contribution is 5.83. The molecule has 90 valence electrons. The lowest BCUT2D eigenvalue weighted by molar-refractivity contribution is -0.144. The number of amides is 2. The summed E-state index contributed by atoms with van der Waals surface area (Å²) in [6.07, 6.45) is 1.37. The molecule has 0 aliphatic carbocycles. The van der Waals surface area contributed by atoms with Gasteiger partial charge in [-0.2, -0.15) is 0 Å². The summed E-state index contributed by atoms with van der Waals surface area (Å²) >= 11 is 0. The van der Waals surface area contributed by atoms with E-state index in [-0.39, 0.29) is 18.4 Å². The summed E-state index contributed by atoms with van der Waals surface area (Å²) < 4.78 is 10.3. The Balaban J connectivity index is 1.90. The fourth-order valence-corrected chi connectivity index (χ4v) is 2.03. The van der Waals surface area contributed by atoms with Crippen molar-refractivity contribution < 1.29 is 19.1 Å². The van der Waals surface area contributed by atoms with E-state index in [0.29, 0.717) is 19.8 Å². The van der Waals surface area contributed by atoms with Crippen LogP contribution in [0.15, 0.2) is 0 Å². The lowest BCUT2D eigenvalue weighted by Crippen LogP contribution is -2.64. The second-order valence-electron chi connectivity index (χ2n) is 4.41. The molecule has 2 rings (SSSR count). The topological polar surface area (TPSA) is 90.7 Å². The van der Waals surface area contributed by atoms with Crippen LogP contribution >= 0.6 is 0 Å². The Morgan fingerprint density at radius 3 is 2.62 bits per heavy atom. The predicted molar refractivity (Wildman–Crippen MR) is 54.5 cm³/mol. The van der Waals surface area contributed by atoms with Crippen LogP contribution in [-0.4, -0.2) is 43.3 Å². The minimum absolute atomic E-state index is 0.117. The molecule has 2 amide bonds. The normalized spacial score (nSPS) is 27.1. The number of hydrogen-bond acceptors (Lipinski definition) is 4. The van der Waals surface area contributed by atoms with Gasteiger partial charge in [0.15, 0.2) is 0 Å². The van der Waals surface area contributed by atoms with Crippen molar-refractivity contribution in [1.29, 1.82) is 0 Å².